The van der Waals surface area contributed by atoms with Crippen molar-refractivity contribution >= 4 is 34.0 Å². The van der Waals surface area contributed by atoms with Gasteiger partial charge in [0.1, 0.15) is 0 Å². The van der Waals surface area contributed by atoms with Gasteiger partial charge in [-0.2, -0.15) is 16.9 Å². The smallest absolute Gasteiger partial charge is 0.221 e. The number of aromatic nitrogens is 1. The maximum Gasteiger partial charge on any atom is 0.221 e. The van der Waals surface area contributed by atoms with Gasteiger partial charge in [-0.1, -0.05) is 17.7 Å². The summed E-state index contributed by atoms with van der Waals surface area (Å²) in [5.74, 6) is 3.26. The molecule has 0 radical (unpaired) electrons. The Labute approximate surface area is 161 Å². The van der Waals surface area contributed by atoms with Crippen molar-refractivity contribution in [3.05, 3.63) is 42.0 Å². The predicted octanol–water partition coefficient (Wildman–Crippen LogP) is 5.38. The van der Waals surface area contributed by atoms with Gasteiger partial charge in [-0.3, -0.25) is 0 Å². The fourth-order valence-corrected chi connectivity index (χ4v) is 3.91. The molecule has 0 spiro atoms. The van der Waals surface area contributed by atoms with Gasteiger partial charge in [-0.15, -0.1) is 5.11 Å². The average Bonchev–Trinajstić information content (AvgIpc) is 2.90. The lowest BCUT2D eigenvalue weighted by Crippen LogP contribution is -2.22. The Morgan fingerprint density at radius 1 is 1.04 bits per heavy atom. The molecule has 0 unspecified atom stereocenters. The molecule has 2 heterocycles. The highest BCUT2D eigenvalue weighted by Gasteiger charge is 2.28. The van der Waals surface area contributed by atoms with E-state index in [2.05, 4.69) is 10.2 Å². The molecule has 1 aliphatic rings. The fourth-order valence-electron chi connectivity index (χ4n) is 3.17. The number of thioether (sulfide) groups is 1. The quantitative estimate of drug-likeness (QED) is 0.601. The van der Waals surface area contributed by atoms with Crippen LogP contribution in [0.25, 0.3) is 10.9 Å². The molecule has 4 rings (SSSR count). The zero-order valence-corrected chi connectivity index (χ0v) is 16.3. The highest BCUT2D eigenvalue weighted by molar-refractivity contribution is 8.00. The van der Waals surface area contributed by atoms with Crippen LogP contribution in [-0.4, -0.2) is 35.4 Å². The summed E-state index contributed by atoms with van der Waals surface area (Å²) in [6, 6.07) is 11.7. The third kappa shape index (κ3) is 3.12. The van der Waals surface area contributed by atoms with Crippen LogP contribution in [0.15, 0.2) is 46.6 Å². The molecule has 27 heavy (non-hydrogen) atoms. The summed E-state index contributed by atoms with van der Waals surface area (Å²) in [6.45, 7) is 2.02. The van der Waals surface area contributed by atoms with Gasteiger partial charge in [0.2, 0.25) is 5.88 Å². The van der Waals surface area contributed by atoms with E-state index in [1.54, 1.807) is 14.2 Å². The molecule has 140 valence electrons. The SMILES string of the molecule is COc1cc2c(N=Nc3ccc(C)cc3)c(O)n(C3CSC3)c2cc1OC. The zero-order valence-electron chi connectivity index (χ0n) is 15.5. The number of aromatic hydroxyl groups is 1. The van der Waals surface area contributed by atoms with Gasteiger partial charge in [0.05, 0.1) is 31.5 Å². The van der Waals surface area contributed by atoms with Crippen molar-refractivity contribution in [3.8, 4) is 17.4 Å². The van der Waals surface area contributed by atoms with Crippen LogP contribution in [0.5, 0.6) is 17.4 Å². The van der Waals surface area contributed by atoms with Crippen molar-refractivity contribution in [1.82, 2.24) is 4.57 Å². The number of hydrogen-bond donors (Lipinski definition) is 1. The number of nitrogens with zero attached hydrogens (tertiary/aromatic N) is 3. The van der Waals surface area contributed by atoms with Gasteiger partial charge < -0.3 is 19.1 Å². The van der Waals surface area contributed by atoms with Crippen LogP contribution in [0.1, 0.15) is 11.6 Å². The van der Waals surface area contributed by atoms with Gasteiger partial charge in [-0.25, -0.2) is 0 Å². The topological polar surface area (TPSA) is 68.3 Å². The number of methoxy groups -OCH3 is 2. The summed E-state index contributed by atoms with van der Waals surface area (Å²) in [5.41, 5.74) is 3.21. The number of aryl methyl sites for hydroxylation is 1. The Kier molecular flexibility index (Phi) is 4.70. The van der Waals surface area contributed by atoms with E-state index < -0.39 is 0 Å². The van der Waals surface area contributed by atoms with Crippen molar-refractivity contribution in [1.29, 1.82) is 0 Å². The van der Waals surface area contributed by atoms with Crippen molar-refractivity contribution in [2.45, 2.75) is 13.0 Å². The molecule has 0 aliphatic carbocycles. The van der Waals surface area contributed by atoms with E-state index in [4.69, 9.17) is 9.47 Å². The van der Waals surface area contributed by atoms with Gasteiger partial charge in [0.25, 0.3) is 0 Å². The Morgan fingerprint density at radius 3 is 2.30 bits per heavy atom. The van der Waals surface area contributed by atoms with Crippen LogP contribution in [0.4, 0.5) is 11.4 Å². The highest BCUT2D eigenvalue weighted by Crippen LogP contribution is 2.47. The average molecular weight is 383 g/mol. The molecule has 1 saturated heterocycles. The second kappa shape index (κ2) is 7.15. The van der Waals surface area contributed by atoms with Crippen LogP contribution in [-0.2, 0) is 0 Å². The first-order chi connectivity index (χ1) is 13.1. The molecule has 0 atom stereocenters. The summed E-state index contributed by atoms with van der Waals surface area (Å²) in [6.07, 6.45) is 0. The molecule has 0 bridgehead atoms. The van der Waals surface area contributed by atoms with Crippen molar-refractivity contribution in [2.75, 3.05) is 25.7 Å². The van der Waals surface area contributed by atoms with Gasteiger partial charge in [0, 0.05) is 23.0 Å². The minimum atomic E-state index is 0.126. The van der Waals surface area contributed by atoms with E-state index in [9.17, 15) is 5.11 Å². The maximum absolute atomic E-state index is 10.9. The third-order valence-electron chi connectivity index (χ3n) is 4.74. The number of fused-ring (bicyclic) bond motifs is 1. The van der Waals surface area contributed by atoms with Crippen molar-refractivity contribution < 1.29 is 14.6 Å². The molecule has 0 amide bonds. The Hall–Kier alpha value is -2.67. The van der Waals surface area contributed by atoms with E-state index in [1.807, 2.05) is 59.7 Å². The molecule has 6 nitrogen and oxygen atoms in total. The van der Waals surface area contributed by atoms with Crippen LogP contribution < -0.4 is 9.47 Å². The summed E-state index contributed by atoms with van der Waals surface area (Å²) in [5, 5.41) is 20.4. The van der Waals surface area contributed by atoms with Crippen LogP contribution >= 0.6 is 11.8 Å². The minimum Gasteiger partial charge on any atom is -0.493 e. The number of ether oxygens (including phenoxy) is 2. The molecular formula is C20H21N3O3S. The van der Waals surface area contributed by atoms with E-state index >= 15 is 0 Å². The molecule has 2 aromatic carbocycles. The summed E-state index contributed by atoms with van der Waals surface area (Å²) in [4.78, 5) is 0. The number of rotatable bonds is 5. The fraction of sp³-hybridized carbons (Fsp3) is 0.300. The molecular weight excluding hydrogens is 362 g/mol. The van der Waals surface area contributed by atoms with Gasteiger partial charge >= 0.3 is 0 Å². The molecule has 7 heteroatoms. The maximum atomic E-state index is 10.9. The first kappa shape index (κ1) is 17.7. The lowest BCUT2D eigenvalue weighted by Gasteiger charge is -2.28. The highest BCUT2D eigenvalue weighted by atomic mass is 32.2. The number of hydrogen-bond acceptors (Lipinski definition) is 6. The van der Waals surface area contributed by atoms with E-state index in [0.717, 1.165) is 33.7 Å². The minimum absolute atomic E-state index is 0.126. The Bertz CT molecular complexity index is 1010. The predicted molar refractivity (Wildman–Crippen MR) is 108 cm³/mol. The summed E-state index contributed by atoms with van der Waals surface area (Å²) < 4.78 is 12.8. The molecule has 1 fully saturated rings. The van der Waals surface area contributed by atoms with Crippen molar-refractivity contribution in [2.24, 2.45) is 10.2 Å². The first-order valence-corrected chi connectivity index (χ1v) is 9.83. The molecule has 1 N–H and O–H groups in total. The van der Waals surface area contributed by atoms with Crippen LogP contribution in [0.3, 0.4) is 0 Å². The summed E-state index contributed by atoms with van der Waals surface area (Å²) >= 11 is 1.85. The number of benzene rings is 2. The first-order valence-electron chi connectivity index (χ1n) is 8.67. The normalized spacial score (nSPS) is 14.6. The Balaban J connectivity index is 1.87. The molecule has 1 aromatic heterocycles. The number of azo groups is 1. The Morgan fingerprint density at radius 2 is 1.70 bits per heavy atom. The standard InChI is InChI=1S/C20H21N3O3S/c1-12-4-6-13(7-5-12)21-22-19-15-8-17(25-2)18(26-3)9-16(15)23(20(19)24)14-10-27-11-14/h4-9,14,24H,10-11H2,1-3H3. The van der Waals surface area contributed by atoms with Gasteiger partial charge in [0.15, 0.2) is 17.2 Å². The molecule has 3 aromatic rings. The zero-order chi connectivity index (χ0) is 19.0. The van der Waals surface area contributed by atoms with E-state index in [1.165, 1.54) is 0 Å². The van der Waals surface area contributed by atoms with E-state index in [-0.39, 0.29) is 11.9 Å². The lowest BCUT2D eigenvalue weighted by atomic mass is 10.2. The van der Waals surface area contributed by atoms with Crippen LogP contribution in [0, 0.1) is 6.92 Å². The second-order valence-electron chi connectivity index (χ2n) is 6.49. The lowest BCUT2D eigenvalue weighted by molar-refractivity contribution is 0.355. The van der Waals surface area contributed by atoms with Gasteiger partial charge in [-0.05, 0) is 25.1 Å². The summed E-state index contributed by atoms with van der Waals surface area (Å²) in [7, 11) is 3.20. The van der Waals surface area contributed by atoms with Crippen molar-refractivity contribution in [3.63, 3.8) is 0 Å². The van der Waals surface area contributed by atoms with E-state index in [0.29, 0.717) is 17.2 Å². The molecule has 0 saturated carbocycles. The largest absolute Gasteiger partial charge is 0.493 e. The third-order valence-corrected chi connectivity index (χ3v) is 5.98. The monoisotopic (exact) mass is 383 g/mol. The van der Waals surface area contributed by atoms with Crippen LogP contribution in [0.2, 0.25) is 0 Å². The molecule has 1 aliphatic heterocycles. The second-order valence-corrected chi connectivity index (χ2v) is 7.57.